The summed E-state index contributed by atoms with van der Waals surface area (Å²) in [5.74, 6) is -2.52. The van der Waals surface area contributed by atoms with Gasteiger partial charge in [-0.3, -0.25) is 4.79 Å². The molecular formula is C23H19ClF4N6O3. The molecule has 194 valence electrons. The van der Waals surface area contributed by atoms with Crippen molar-refractivity contribution in [1.29, 1.82) is 0 Å². The Morgan fingerprint density at radius 3 is 2.54 bits per heavy atom. The number of hydrogen-bond acceptors (Lipinski definition) is 6. The molecule has 3 aromatic rings. The van der Waals surface area contributed by atoms with Crippen LogP contribution in [0.3, 0.4) is 0 Å². The zero-order chi connectivity index (χ0) is 27.7. The van der Waals surface area contributed by atoms with Crippen LogP contribution in [0.2, 0.25) is 5.02 Å². The Morgan fingerprint density at radius 2 is 1.97 bits per heavy atom. The summed E-state index contributed by atoms with van der Waals surface area (Å²) in [7, 11) is 1.29. The highest BCUT2D eigenvalue weighted by atomic mass is 35.5. The van der Waals surface area contributed by atoms with E-state index in [1.807, 2.05) is 0 Å². The van der Waals surface area contributed by atoms with Crippen LogP contribution in [0.15, 0.2) is 58.7 Å². The number of carboxylic acid groups (broad SMARTS) is 1. The minimum atomic E-state index is -4.74. The van der Waals surface area contributed by atoms with Gasteiger partial charge in [0.2, 0.25) is 0 Å². The summed E-state index contributed by atoms with van der Waals surface area (Å²) in [6.45, 7) is 5.04. The molecule has 0 aliphatic rings. The first-order chi connectivity index (χ1) is 17.2. The van der Waals surface area contributed by atoms with Crippen LogP contribution in [0, 0.1) is 12.7 Å². The second-order valence-corrected chi connectivity index (χ2v) is 8.11. The van der Waals surface area contributed by atoms with E-state index in [0.29, 0.717) is 5.69 Å². The summed E-state index contributed by atoms with van der Waals surface area (Å²) in [6.07, 6.45) is -2.40. The summed E-state index contributed by atoms with van der Waals surface area (Å²) in [5.41, 5.74) is 3.90. The number of hydrogen-bond donors (Lipinski definition) is 3. The van der Waals surface area contributed by atoms with Crippen molar-refractivity contribution in [3.63, 3.8) is 0 Å². The van der Waals surface area contributed by atoms with E-state index in [1.165, 1.54) is 32.3 Å². The molecule has 4 N–H and O–H groups in total. The molecule has 37 heavy (non-hydrogen) atoms. The Labute approximate surface area is 211 Å². The number of aromatic nitrogens is 3. The van der Waals surface area contributed by atoms with Crippen molar-refractivity contribution in [1.82, 2.24) is 14.3 Å². The van der Waals surface area contributed by atoms with E-state index in [4.69, 9.17) is 17.3 Å². The van der Waals surface area contributed by atoms with Gasteiger partial charge in [-0.2, -0.15) is 18.3 Å². The molecule has 0 spiro atoms. The Kier molecular flexibility index (Phi) is 7.58. The van der Waals surface area contributed by atoms with Crippen molar-refractivity contribution in [2.75, 3.05) is 5.32 Å². The van der Waals surface area contributed by atoms with Gasteiger partial charge in [0.15, 0.2) is 5.69 Å². The van der Waals surface area contributed by atoms with Gasteiger partial charge in [0.05, 0.1) is 5.02 Å². The van der Waals surface area contributed by atoms with Gasteiger partial charge in [0, 0.05) is 42.0 Å². The molecule has 0 amide bonds. The number of anilines is 1. The minimum absolute atomic E-state index is 0.00980. The van der Waals surface area contributed by atoms with Crippen molar-refractivity contribution in [2.24, 2.45) is 17.8 Å². The monoisotopic (exact) mass is 538 g/mol. The second kappa shape index (κ2) is 10.3. The molecule has 0 bridgehead atoms. The van der Waals surface area contributed by atoms with Crippen LogP contribution in [0.4, 0.5) is 23.2 Å². The van der Waals surface area contributed by atoms with E-state index < -0.39 is 34.8 Å². The predicted octanol–water partition coefficient (Wildman–Crippen LogP) is 4.34. The number of nitrogens with two attached hydrogens (primary N) is 1. The number of halogens is 5. The zero-order valence-electron chi connectivity index (χ0n) is 19.3. The first-order valence-electron chi connectivity index (χ1n) is 10.2. The van der Waals surface area contributed by atoms with Crippen molar-refractivity contribution in [3.05, 3.63) is 92.6 Å². The molecule has 0 radical (unpaired) electrons. The van der Waals surface area contributed by atoms with Gasteiger partial charge in [-0.15, -0.1) is 0 Å². The molecule has 14 heteroatoms. The molecule has 9 nitrogen and oxygen atoms in total. The number of carboxylic acids is 1. The van der Waals surface area contributed by atoms with Crippen molar-refractivity contribution in [2.45, 2.75) is 13.1 Å². The summed E-state index contributed by atoms with van der Waals surface area (Å²) < 4.78 is 54.8. The number of aryl methyl sites for hydroxylation is 2. The molecule has 1 aromatic carbocycles. The summed E-state index contributed by atoms with van der Waals surface area (Å²) >= 11 is 5.76. The van der Waals surface area contributed by atoms with Crippen LogP contribution < -0.4 is 16.6 Å². The maximum absolute atomic E-state index is 13.4. The number of carbonyl (C=O) groups is 1. The molecular weight excluding hydrogens is 520 g/mol. The van der Waals surface area contributed by atoms with Crippen molar-refractivity contribution < 1.29 is 27.5 Å². The summed E-state index contributed by atoms with van der Waals surface area (Å²) in [6, 6.07) is 5.55. The van der Waals surface area contributed by atoms with Gasteiger partial charge in [0.1, 0.15) is 23.0 Å². The molecule has 0 atom stereocenters. The number of rotatable bonds is 7. The fourth-order valence-corrected chi connectivity index (χ4v) is 3.37. The third-order valence-electron chi connectivity index (χ3n) is 4.96. The molecule has 2 heterocycles. The maximum Gasteiger partial charge on any atom is 0.435 e. The van der Waals surface area contributed by atoms with Crippen LogP contribution in [0.25, 0.3) is 11.4 Å². The molecule has 0 aliphatic heterocycles. The number of aromatic carboxylic acids is 1. The van der Waals surface area contributed by atoms with Crippen LogP contribution in [0.5, 0.6) is 0 Å². The number of aliphatic imine (C=N–C) groups is 1. The van der Waals surface area contributed by atoms with Gasteiger partial charge in [-0.05, 0) is 37.3 Å². The number of benzene rings is 1. The highest BCUT2D eigenvalue weighted by Crippen LogP contribution is 2.30. The average Bonchev–Trinajstić information content (AvgIpc) is 3.20. The highest BCUT2D eigenvalue weighted by molar-refractivity contribution is 6.31. The lowest BCUT2D eigenvalue weighted by Gasteiger charge is -2.13. The first-order valence-corrected chi connectivity index (χ1v) is 10.6. The smallest absolute Gasteiger partial charge is 0.435 e. The lowest BCUT2D eigenvalue weighted by Crippen LogP contribution is -2.25. The summed E-state index contributed by atoms with van der Waals surface area (Å²) in [5, 5.41) is 15.5. The van der Waals surface area contributed by atoms with Crippen LogP contribution in [-0.2, 0) is 13.2 Å². The minimum Gasteiger partial charge on any atom is -0.477 e. The van der Waals surface area contributed by atoms with E-state index in [1.54, 1.807) is 0 Å². The van der Waals surface area contributed by atoms with Gasteiger partial charge < -0.3 is 20.7 Å². The van der Waals surface area contributed by atoms with Crippen LogP contribution >= 0.6 is 11.6 Å². The topological polar surface area (TPSA) is 128 Å². The van der Waals surface area contributed by atoms with Crippen molar-refractivity contribution in [3.8, 4) is 0 Å². The van der Waals surface area contributed by atoms with Crippen LogP contribution in [-0.4, -0.2) is 31.6 Å². The number of nitrogens with one attached hydrogen (secondary N) is 1. The fourth-order valence-electron chi connectivity index (χ4n) is 3.19. The molecule has 0 aliphatic carbocycles. The van der Waals surface area contributed by atoms with E-state index in [0.717, 1.165) is 33.7 Å². The number of nitrogens with zero attached hydrogens (tertiary/aromatic N) is 4. The van der Waals surface area contributed by atoms with Gasteiger partial charge >= 0.3 is 12.1 Å². The molecule has 0 saturated heterocycles. The normalized spacial score (nSPS) is 12.5. The lowest BCUT2D eigenvalue weighted by atomic mass is 10.1. The zero-order valence-corrected chi connectivity index (χ0v) is 20.0. The Bertz CT molecular complexity index is 1520. The Hall–Kier alpha value is -4.39. The highest BCUT2D eigenvalue weighted by Gasteiger charge is 2.34. The SMILES string of the molecule is C=C(/N=C\C(=C(/N)n1nc(C(F)(F)F)cc1C)c1cc(C(=O)O)c(=O)n(C)c1)Nc1ccc(F)c(Cl)c1. The number of pyridine rings is 1. The quantitative estimate of drug-likeness (QED) is 0.303. The Morgan fingerprint density at radius 1 is 1.30 bits per heavy atom. The summed E-state index contributed by atoms with van der Waals surface area (Å²) in [4.78, 5) is 27.9. The molecule has 0 fully saturated rings. The van der Waals surface area contributed by atoms with E-state index >= 15 is 0 Å². The van der Waals surface area contributed by atoms with Crippen LogP contribution in [0.1, 0.15) is 27.3 Å². The molecule has 3 rings (SSSR count). The number of alkyl halides is 3. The van der Waals surface area contributed by atoms with E-state index in [2.05, 4.69) is 22.0 Å². The third-order valence-corrected chi connectivity index (χ3v) is 5.25. The second-order valence-electron chi connectivity index (χ2n) is 7.70. The van der Waals surface area contributed by atoms with E-state index in [-0.39, 0.29) is 33.5 Å². The lowest BCUT2D eigenvalue weighted by molar-refractivity contribution is -0.141. The number of allylic oxidation sites excluding steroid dienone is 1. The predicted molar refractivity (Wildman–Crippen MR) is 131 cm³/mol. The molecule has 0 unspecified atom stereocenters. The van der Waals surface area contributed by atoms with Gasteiger partial charge in [0.25, 0.3) is 5.56 Å². The average molecular weight is 539 g/mol. The fraction of sp³-hybridized carbons (Fsp3) is 0.130. The van der Waals surface area contributed by atoms with Gasteiger partial charge in [-0.25, -0.2) is 18.9 Å². The molecule has 2 aromatic heterocycles. The maximum atomic E-state index is 13.4. The van der Waals surface area contributed by atoms with E-state index in [9.17, 15) is 32.3 Å². The Balaban J connectivity index is 2.14. The molecule has 0 saturated carbocycles. The standard InChI is InChI=1S/C23H19ClF4N6O3/c1-11-6-19(23(26,27)28)32-34(11)20(29)16(13-7-15(22(36)37)21(35)33(3)10-13)9-30-12(2)31-14-4-5-18(25)17(24)8-14/h4-10,31H,2,29H2,1,3H3,(H,36,37)/b20-16-,30-9-. The third kappa shape index (κ3) is 6.06. The van der Waals surface area contributed by atoms with Crippen molar-refractivity contribution >= 4 is 40.9 Å². The largest absolute Gasteiger partial charge is 0.477 e. The first kappa shape index (κ1) is 27.2. The van der Waals surface area contributed by atoms with Gasteiger partial charge in [-0.1, -0.05) is 18.2 Å².